The zero-order chi connectivity index (χ0) is 11.8. The van der Waals surface area contributed by atoms with E-state index in [9.17, 15) is 0 Å². The molecule has 1 aromatic rings. The van der Waals surface area contributed by atoms with Crippen molar-refractivity contribution in [3.05, 3.63) is 35.4 Å². The number of rotatable bonds is 6. The average molecular weight is 217 g/mol. The highest BCUT2D eigenvalue weighted by Gasteiger charge is 2.02. The van der Waals surface area contributed by atoms with Gasteiger partial charge >= 0.3 is 0 Å². The Hall–Kier alpha value is -1.30. The molecule has 0 radical (unpaired) electrons. The molecule has 0 aliphatic carbocycles. The summed E-state index contributed by atoms with van der Waals surface area (Å²) in [6.07, 6.45) is 5.32. The highest BCUT2D eigenvalue weighted by atomic mass is 16.5. The van der Waals surface area contributed by atoms with Crippen LogP contribution in [0.2, 0.25) is 0 Å². The van der Waals surface area contributed by atoms with Crippen LogP contribution in [0.3, 0.4) is 0 Å². The van der Waals surface area contributed by atoms with Crippen molar-refractivity contribution in [1.29, 1.82) is 0 Å². The summed E-state index contributed by atoms with van der Waals surface area (Å²) in [5.41, 5.74) is 2.47. The molecule has 2 heteroatoms. The van der Waals surface area contributed by atoms with Gasteiger partial charge in [-0.05, 0) is 25.0 Å². The molecule has 1 atom stereocenters. The van der Waals surface area contributed by atoms with Gasteiger partial charge in [-0.3, -0.25) is 5.32 Å². The second-order valence-corrected chi connectivity index (χ2v) is 3.68. The van der Waals surface area contributed by atoms with Gasteiger partial charge in [0.15, 0.2) is 0 Å². The maximum Gasteiger partial charge on any atom is 0.0719 e. The molecular formula is C14H19NO. The van der Waals surface area contributed by atoms with Gasteiger partial charge in [-0.1, -0.05) is 30.2 Å². The zero-order valence-electron chi connectivity index (χ0n) is 9.99. The summed E-state index contributed by atoms with van der Waals surface area (Å²) in [6.45, 7) is 6.17. The van der Waals surface area contributed by atoms with Gasteiger partial charge in [-0.15, -0.1) is 6.42 Å². The average Bonchev–Trinajstić information content (AvgIpc) is 2.34. The van der Waals surface area contributed by atoms with Gasteiger partial charge in [-0.25, -0.2) is 0 Å². The molecule has 1 unspecified atom stereocenters. The molecule has 1 rings (SSSR count). The highest BCUT2D eigenvalue weighted by Crippen LogP contribution is 2.10. The molecule has 0 aliphatic rings. The number of nitrogens with one attached hydrogen (secondary N) is 1. The van der Waals surface area contributed by atoms with Crippen LogP contribution in [0.15, 0.2) is 24.3 Å². The number of hydrogen-bond donors (Lipinski definition) is 1. The Kier molecular flexibility index (Phi) is 5.63. The van der Waals surface area contributed by atoms with Gasteiger partial charge < -0.3 is 4.74 Å². The van der Waals surface area contributed by atoms with Crippen molar-refractivity contribution in [2.24, 2.45) is 0 Å². The Balaban J connectivity index is 2.60. The van der Waals surface area contributed by atoms with Crippen molar-refractivity contribution < 1.29 is 4.74 Å². The fourth-order valence-electron chi connectivity index (χ4n) is 1.40. The number of ether oxygens (including phenoxy) is 1. The first kappa shape index (κ1) is 12.8. The molecule has 0 aliphatic heterocycles. The molecule has 0 heterocycles. The lowest BCUT2D eigenvalue weighted by Crippen LogP contribution is -2.24. The van der Waals surface area contributed by atoms with E-state index >= 15 is 0 Å². The van der Waals surface area contributed by atoms with Crippen molar-refractivity contribution in [3.8, 4) is 12.3 Å². The molecule has 86 valence electrons. The van der Waals surface area contributed by atoms with Crippen molar-refractivity contribution in [2.75, 3.05) is 6.61 Å². The predicted molar refractivity (Wildman–Crippen MR) is 66.9 cm³/mol. The molecule has 1 N–H and O–H groups in total. The van der Waals surface area contributed by atoms with Crippen LogP contribution in [-0.2, 0) is 17.9 Å². The summed E-state index contributed by atoms with van der Waals surface area (Å²) in [4.78, 5) is 0. The number of benzene rings is 1. The Labute approximate surface area is 98.0 Å². The Morgan fingerprint density at radius 2 is 2.06 bits per heavy atom. The molecule has 0 saturated heterocycles. The normalized spacial score (nSPS) is 12.1. The molecular weight excluding hydrogens is 198 g/mol. The quantitative estimate of drug-likeness (QED) is 0.738. The first-order valence-corrected chi connectivity index (χ1v) is 5.62. The molecule has 0 bridgehead atoms. The van der Waals surface area contributed by atoms with Crippen molar-refractivity contribution in [3.63, 3.8) is 0 Å². The van der Waals surface area contributed by atoms with Gasteiger partial charge in [0, 0.05) is 13.2 Å². The van der Waals surface area contributed by atoms with Crippen molar-refractivity contribution >= 4 is 0 Å². The van der Waals surface area contributed by atoms with Crippen LogP contribution >= 0.6 is 0 Å². The van der Waals surface area contributed by atoms with Crippen LogP contribution in [-0.4, -0.2) is 12.6 Å². The molecule has 2 nitrogen and oxygen atoms in total. The molecule has 0 spiro atoms. The van der Waals surface area contributed by atoms with Gasteiger partial charge in [0.1, 0.15) is 0 Å². The minimum atomic E-state index is 0.0974. The smallest absolute Gasteiger partial charge is 0.0719 e. The molecule has 1 aromatic carbocycles. The summed E-state index contributed by atoms with van der Waals surface area (Å²) < 4.78 is 5.43. The zero-order valence-corrected chi connectivity index (χ0v) is 9.99. The Morgan fingerprint density at radius 3 is 2.69 bits per heavy atom. The van der Waals surface area contributed by atoms with E-state index in [0.717, 1.165) is 13.2 Å². The maximum atomic E-state index is 5.43. The van der Waals surface area contributed by atoms with Gasteiger partial charge in [0.2, 0.25) is 0 Å². The highest BCUT2D eigenvalue weighted by molar-refractivity contribution is 5.26. The fraction of sp³-hybridized carbons (Fsp3) is 0.429. The van der Waals surface area contributed by atoms with Crippen LogP contribution in [0.4, 0.5) is 0 Å². The van der Waals surface area contributed by atoms with Crippen LogP contribution in [0, 0.1) is 12.3 Å². The largest absolute Gasteiger partial charge is 0.377 e. The lowest BCUT2D eigenvalue weighted by atomic mass is 10.1. The second kappa shape index (κ2) is 7.05. The first-order valence-electron chi connectivity index (χ1n) is 5.62. The third-order valence-corrected chi connectivity index (χ3v) is 2.43. The number of terminal acetylenes is 1. The second-order valence-electron chi connectivity index (χ2n) is 3.68. The maximum absolute atomic E-state index is 5.43. The van der Waals surface area contributed by atoms with Gasteiger partial charge in [-0.2, -0.15) is 0 Å². The van der Waals surface area contributed by atoms with Crippen LogP contribution in [0.25, 0.3) is 0 Å². The van der Waals surface area contributed by atoms with E-state index in [2.05, 4.69) is 23.4 Å². The minimum absolute atomic E-state index is 0.0974. The Morgan fingerprint density at radius 1 is 1.38 bits per heavy atom. The van der Waals surface area contributed by atoms with Crippen LogP contribution in [0.5, 0.6) is 0 Å². The third-order valence-electron chi connectivity index (χ3n) is 2.43. The molecule has 0 aromatic heterocycles. The summed E-state index contributed by atoms with van der Waals surface area (Å²) in [7, 11) is 0. The SMILES string of the molecule is C#CC(C)NCc1ccccc1COCC. The lowest BCUT2D eigenvalue weighted by Gasteiger charge is -2.12. The standard InChI is InChI=1S/C14H19NO/c1-4-12(3)15-10-13-8-6-7-9-14(13)11-16-5-2/h1,6-9,12,15H,5,10-11H2,2-3H3. The van der Waals surface area contributed by atoms with E-state index in [-0.39, 0.29) is 6.04 Å². The fourth-order valence-corrected chi connectivity index (χ4v) is 1.40. The number of hydrogen-bond acceptors (Lipinski definition) is 2. The minimum Gasteiger partial charge on any atom is -0.377 e. The molecule has 0 saturated carbocycles. The van der Waals surface area contributed by atoms with E-state index in [0.29, 0.717) is 6.61 Å². The molecule has 16 heavy (non-hydrogen) atoms. The summed E-state index contributed by atoms with van der Waals surface area (Å²) >= 11 is 0. The monoisotopic (exact) mass is 217 g/mol. The summed E-state index contributed by atoms with van der Waals surface area (Å²) in [6, 6.07) is 8.35. The lowest BCUT2D eigenvalue weighted by molar-refractivity contribution is 0.133. The van der Waals surface area contributed by atoms with Crippen molar-refractivity contribution in [2.45, 2.75) is 33.0 Å². The van der Waals surface area contributed by atoms with Crippen LogP contribution < -0.4 is 5.32 Å². The van der Waals surface area contributed by atoms with E-state index in [4.69, 9.17) is 11.2 Å². The third kappa shape index (κ3) is 4.06. The first-order chi connectivity index (χ1) is 7.77. The predicted octanol–water partition coefficient (Wildman–Crippen LogP) is 2.33. The van der Waals surface area contributed by atoms with Gasteiger partial charge in [0.25, 0.3) is 0 Å². The van der Waals surface area contributed by atoms with Gasteiger partial charge in [0.05, 0.1) is 12.6 Å². The summed E-state index contributed by atoms with van der Waals surface area (Å²) in [5, 5.41) is 3.27. The van der Waals surface area contributed by atoms with E-state index in [1.807, 2.05) is 26.0 Å². The summed E-state index contributed by atoms with van der Waals surface area (Å²) in [5.74, 6) is 2.66. The van der Waals surface area contributed by atoms with Crippen molar-refractivity contribution in [1.82, 2.24) is 5.32 Å². The molecule has 0 fully saturated rings. The topological polar surface area (TPSA) is 21.3 Å². The van der Waals surface area contributed by atoms with E-state index in [1.165, 1.54) is 11.1 Å². The van der Waals surface area contributed by atoms with E-state index in [1.54, 1.807) is 0 Å². The van der Waals surface area contributed by atoms with E-state index < -0.39 is 0 Å². The molecule has 0 amide bonds. The Bertz CT molecular complexity index is 354. The van der Waals surface area contributed by atoms with Crippen LogP contribution in [0.1, 0.15) is 25.0 Å².